The van der Waals surface area contributed by atoms with E-state index in [1.165, 1.54) is 0 Å². The van der Waals surface area contributed by atoms with E-state index < -0.39 is 10.0 Å². The first kappa shape index (κ1) is 23.3. The molecule has 0 aliphatic carbocycles. The summed E-state index contributed by atoms with van der Waals surface area (Å²) in [4.78, 5) is 12.7. The van der Waals surface area contributed by atoms with Crippen LogP contribution in [0.25, 0.3) is 5.69 Å². The van der Waals surface area contributed by atoms with Gasteiger partial charge in [-0.2, -0.15) is 5.10 Å². The van der Waals surface area contributed by atoms with Crippen molar-refractivity contribution >= 4 is 21.6 Å². The number of aromatic nitrogens is 2. The van der Waals surface area contributed by atoms with Gasteiger partial charge in [0, 0.05) is 24.0 Å². The van der Waals surface area contributed by atoms with E-state index in [0.717, 1.165) is 22.4 Å². The minimum absolute atomic E-state index is 0.202. The highest BCUT2D eigenvalue weighted by Crippen LogP contribution is 2.19. The van der Waals surface area contributed by atoms with Gasteiger partial charge in [-0.3, -0.25) is 9.52 Å². The number of hydrogen-bond acceptors (Lipinski definition) is 4. The third-order valence-electron chi connectivity index (χ3n) is 5.54. The lowest BCUT2D eigenvalue weighted by molar-refractivity contribution is 0.0954. The Labute approximate surface area is 199 Å². The van der Waals surface area contributed by atoms with E-state index >= 15 is 0 Å². The molecule has 7 nitrogen and oxygen atoms in total. The Bertz CT molecular complexity index is 1400. The van der Waals surface area contributed by atoms with Crippen LogP contribution in [0.15, 0.2) is 90.1 Å². The van der Waals surface area contributed by atoms with Crippen LogP contribution >= 0.6 is 0 Å². The molecule has 1 heterocycles. The number of para-hydroxylation sites is 1. The van der Waals surface area contributed by atoms with E-state index in [1.807, 2.05) is 50.4 Å². The summed E-state index contributed by atoms with van der Waals surface area (Å²) in [6.07, 6.45) is 4.37. The van der Waals surface area contributed by atoms with Crippen molar-refractivity contribution < 1.29 is 13.2 Å². The topological polar surface area (TPSA) is 93.1 Å². The number of amides is 1. The number of sulfonamides is 1. The molecule has 0 aliphatic heterocycles. The van der Waals surface area contributed by atoms with Gasteiger partial charge in [-0.15, -0.1) is 0 Å². The Kier molecular flexibility index (Phi) is 6.79. The molecule has 4 aromatic rings. The number of benzene rings is 3. The summed E-state index contributed by atoms with van der Waals surface area (Å²) in [7, 11) is -3.71. The number of anilines is 1. The zero-order valence-corrected chi connectivity index (χ0v) is 19.8. The SMILES string of the molecule is Cc1ccc(S(=O)(=O)Nc2ccc(C(=O)NCCc3cnn(-c4ccccc4)c3)cc2)cc1C. The Hall–Kier alpha value is -3.91. The van der Waals surface area contributed by atoms with E-state index in [4.69, 9.17) is 0 Å². The molecule has 3 aromatic carbocycles. The molecule has 0 fully saturated rings. The lowest BCUT2D eigenvalue weighted by Crippen LogP contribution is -2.25. The van der Waals surface area contributed by atoms with Gasteiger partial charge in [-0.1, -0.05) is 24.3 Å². The van der Waals surface area contributed by atoms with Gasteiger partial charge < -0.3 is 5.32 Å². The van der Waals surface area contributed by atoms with Gasteiger partial charge in [0.1, 0.15) is 0 Å². The average Bonchev–Trinajstić information content (AvgIpc) is 3.30. The summed E-state index contributed by atoms with van der Waals surface area (Å²) in [5.74, 6) is -0.223. The highest BCUT2D eigenvalue weighted by atomic mass is 32.2. The van der Waals surface area contributed by atoms with Crippen molar-refractivity contribution in [1.29, 1.82) is 0 Å². The second-order valence-corrected chi connectivity index (χ2v) is 9.75. The minimum Gasteiger partial charge on any atom is -0.352 e. The first-order valence-corrected chi connectivity index (χ1v) is 12.4. The number of aryl methyl sites for hydroxylation is 2. The maximum Gasteiger partial charge on any atom is 0.261 e. The van der Waals surface area contributed by atoms with Gasteiger partial charge in [0.05, 0.1) is 16.8 Å². The monoisotopic (exact) mass is 474 g/mol. The summed E-state index contributed by atoms with van der Waals surface area (Å²) in [5.41, 5.74) is 4.77. The second kappa shape index (κ2) is 9.93. The predicted octanol–water partition coefficient (Wildman–Crippen LogP) is 4.26. The van der Waals surface area contributed by atoms with Crippen LogP contribution in [0, 0.1) is 13.8 Å². The number of carbonyl (C=O) groups excluding carboxylic acids is 1. The number of nitrogens with one attached hydrogen (secondary N) is 2. The maximum absolute atomic E-state index is 12.7. The van der Waals surface area contributed by atoms with Crippen molar-refractivity contribution in [3.63, 3.8) is 0 Å². The van der Waals surface area contributed by atoms with Crippen molar-refractivity contribution in [1.82, 2.24) is 15.1 Å². The molecule has 1 amide bonds. The smallest absolute Gasteiger partial charge is 0.261 e. The lowest BCUT2D eigenvalue weighted by atomic mass is 10.1. The summed E-state index contributed by atoms with van der Waals surface area (Å²) in [6, 6.07) is 21.2. The normalized spacial score (nSPS) is 11.2. The van der Waals surface area contributed by atoms with E-state index in [-0.39, 0.29) is 10.8 Å². The fourth-order valence-electron chi connectivity index (χ4n) is 3.42. The van der Waals surface area contributed by atoms with Crippen molar-refractivity contribution in [2.24, 2.45) is 0 Å². The molecule has 2 N–H and O–H groups in total. The number of carbonyl (C=O) groups is 1. The molecule has 0 saturated carbocycles. The third kappa shape index (κ3) is 5.52. The summed E-state index contributed by atoms with van der Waals surface area (Å²) < 4.78 is 29.7. The van der Waals surface area contributed by atoms with Crippen molar-refractivity contribution in [3.8, 4) is 5.69 Å². The summed E-state index contributed by atoms with van der Waals surface area (Å²) in [5, 5.41) is 7.25. The van der Waals surface area contributed by atoms with E-state index in [9.17, 15) is 13.2 Å². The van der Waals surface area contributed by atoms with Crippen molar-refractivity contribution in [3.05, 3.63) is 107 Å². The molecule has 0 atom stereocenters. The molecule has 34 heavy (non-hydrogen) atoms. The maximum atomic E-state index is 12.7. The highest BCUT2D eigenvalue weighted by Gasteiger charge is 2.15. The van der Waals surface area contributed by atoms with Crippen LogP contribution < -0.4 is 10.0 Å². The van der Waals surface area contributed by atoms with Crippen molar-refractivity contribution in [2.45, 2.75) is 25.2 Å². The fourth-order valence-corrected chi connectivity index (χ4v) is 4.56. The Balaban J connectivity index is 1.32. The lowest BCUT2D eigenvalue weighted by Gasteiger charge is -2.10. The summed E-state index contributed by atoms with van der Waals surface area (Å²) >= 11 is 0. The predicted molar refractivity (Wildman–Crippen MR) is 133 cm³/mol. The largest absolute Gasteiger partial charge is 0.352 e. The molecule has 0 radical (unpaired) electrons. The second-order valence-electron chi connectivity index (χ2n) is 8.06. The van der Waals surface area contributed by atoms with E-state index in [2.05, 4.69) is 15.1 Å². The Morgan fingerprint density at radius 1 is 0.941 bits per heavy atom. The van der Waals surface area contributed by atoms with Crippen LogP contribution in [0.4, 0.5) is 5.69 Å². The molecule has 0 unspecified atom stereocenters. The number of nitrogens with zero attached hydrogens (tertiary/aromatic N) is 2. The first-order chi connectivity index (χ1) is 16.3. The van der Waals surface area contributed by atoms with E-state index in [0.29, 0.717) is 24.2 Å². The van der Waals surface area contributed by atoms with Gasteiger partial charge >= 0.3 is 0 Å². The first-order valence-electron chi connectivity index (χ1n) is 10.9. The molecule has 4 rings (SSSR count). The Morgan fingerprint density at radius 3 is 2.38 bits per heavy atom. The van der Waals surface area contributed by atoms with Gasteiger partial charge in [0.15, 0.2) is 0 Å². The van der Waals surface area contributed by atoms with Gasteiger partial charge in [-0.05, 0) is 85.5 Å². The molecule has 8 heteroatoms. The summed E-state index contributed by atoms with van der Waals surface area (Å²) in [6.45, 7) is 4.26. The molecular weight excluding hydrogens is 448 g/mol. The van der Waals surface area contributed by atoms with Crippen LogP contribution in [0.5, 0.6) is 0 Å². The van der Waals surface area contributed by atoms with Crippen LogP contribution in [-0.2, 0) is 16.4 Å². The standard InChI is InChI=1S/C26H26N4O3S/c1-19-8-13-25(16-20(19)2)34(32,33)29-23-11-9-22(10-12-23)26(31)27-15-14-21-17-28-30(18-21)24-6-4-3-5-7-24/h3-13,16-18,29H,14-15H2,1-2H3,(H,27,31). The fraction of sp³-hybridized carbons (Fsp3) is 0.154. The molecular formula is C26H26N4O3S. The molecule has 0 saturated heterocycles. The van der Waals surface area contributed by atoms with E-state index in [1.54, 1.807) is 53.3 Å². The van der Waals surface area contributed by atoms with Crippen LogP contribution in [-0.4, -0.2) is 30.7 Å². The average molecular weight is 475 g/mol. The zero-order valence-electron chi connectivity index (χ0n) is 19.0. The van der Waals surface area contributed by atoms with Crippen LogP contribution in [0.3, 0.4) is 0 Å². The molecule has 174 valence electrons. The van der Waals surface area contributed by atoms with Gasteiger partial charge in [-0.25, -0.2) is 13.1 Å². The molecule has 1 aromatic heterocycles. The number of hydrogen-bond donors (Lipinski definition) is 2. The van der Waals surface area contributed by atoms with Gasteiger partial charge in [0.25, 0.3) is 15.9 Å². The van der Waals surface area contributed by atoms with Crippen LogP contribution in [0.1, 0.15) is 27.0 Å². The van der Waals surface area contributed by atoms with Gasteiger partial charge in [0.2, 0.25) is 0 Å². The van der Waals surface area contributed by atoms with Crippen molar-refractivity contribution in [2.75, 3.05) is 11.3 Å². The Morgan fingerprint density at radius 2 is 1.68 bits per heavy atom. The minimum atomic E-state index is -3.71. The van der Waals surface area contributed by atoms with Crippen LogP contribution in [0.2, 0.25) is 0 Å². The highest BCUT2D eigenvalue weighted by molar-refractivity contribution is 7.92. The third-order valence-corrected chi connectivity index (χ3v) is 6.92. The molecule has 0 spiro atoms. The number of rotatable bonds is 8. The zero-order chi connectivity index (χ0) is 24.1. The molecule has 0 bridgehead atoms. The molecule has 0 aliphatic rings. The quantitative estimate of drug-likeness (QED) is 0.399.